The lowest BCUT2D eigenvalue weighted by molar-refractivity contribution is 0.565. The second-order valence-electron chi connectivity index (χ2n) is 20.0. The molecule has 0 spiro atoms. The lowest BCUT2D eigenvalue weighted by Crippen LogP contribution is -2.41. The highest BCUT2D eigenvalue weighted by Crippen LogP contribution is 2.51. The molecule has 0 N–H and O–H groups in total. The largest absolute Gasteiger partial charge is 0.270 e. The van der Waals surface area contributed by atoms with Gasteiger partial charge in [0.15, 0.2) is 0 Å². The van der Waals surface area contributed by atoms with Gasteiger partial charge in [-0.3, -0.25) is 9.69 Å². The van der Waals surface area contributed by atoms with Crippen molar-refractivity contribution in [1.82, 2.24) is 32.7 Å². The van der Waals surface area contributed by atoms with Crippen molar-refractivity contribution in [3.63, 3.8) is 0 Å². The standard InChI is InChI=1S/C65H71N11/c1-9-47-25-26-48(10-2)65(47)73(66-37-17-18-38-66)59-45-60(74(67-39-19-20-40-67)70-49(11-3)27-28-50(70)12-4)56-35-36-58-62(76(69-43-23-24-44-69)72-53(15-7)31-32-54(72)16-8)46-61(57-34-33-55(59)63(56)64(57)58)75(68-41-21-22-42-68)71-51(13-5)29-30-52(71)14-6/h17-46,65H,9-16H2,1-8H3. The topological polar surface area (TPSA) is 47.5 Å². The van der Waals surface area contributed by atoms with Crippen molar-refractivity contribution in [2.24, 2.45) is 0 Å². The highest BCUT2D eigenvalue weighted by molar-refractivity contribution is 6.31. The Morgan fingerprint density at radius 3 is 0.855 bits per heavy atom. The first kappa shape index (κ1) is 48.5. The summed E-state index contributed by atoms with van der Waals surface area (Å²) in [6.07, 6.45) is 29.4. The third-order valence-electron chi connectivity index (χ3n) is 16.0. The Balaban J connectivity index is 1.31. The molecular formula is C65H71N11. The fourth-order valence-electron chi connectivity index (χ4n) is 12.3. The molecule has 0 unspecified atom stereocenters. The fraction of sp³-hybridized carbons (Fsp3) is 0.262. The Kier molecular flexibility index (Phi) is 12.8. The van der Waals surface area contributed by atoms with E-state index in [1.165, 1.54) is 61.5 Å². The van der Waals surface area contributed by atoms with E-state index in [-0.39, 0.29) is 6.04 Å². The average molecular weight is 1010 g/mol. The van der Waals surface area contributed by atoms with Crippen molar-refractivity contribution >= 4 is 55.1 Å². The van der Waals surface area contributed by atoms with E-state index in [1.54, 1.807) is 0 Å². The van der Waals surface area contributed by atoms with Crippen LogP contribution in [0.15, 0.2) is 194 Å². The number of anilines is 4. The molecule has 0 fully saturated rings. The van der Waals surface area contributed by atoms with Crippen molar-refractivity contribution in [2.75, 3.05) is 20.4 Å². The Bertz CT molecular complexity index is 3640. The molecule has 0 bridgehead atoms. The fourth-order valence-corrected chi connectivity index (χ4v) is 12.3. The summed E-state index contributed by atoms with van der Waals surface area (Å²) < 4.78 is 16.5. The molecule has 11 aromatic rings. The average Bonchev–Trinajstić information content (AvgIpc) is 4.40. The highest BCUT2D eigenvalue weighted by Gasteiger charge is 2.34. The van der Waals surface area contributed by atoms with Crippen molar-refractivity contribution in [3.8, 4) is 0 Å². The molecule has 0 aliphatic heterocycles. The van der Waals surface area contributed by atoms with Crippen LogP contribution in [0.1, 0.15) is 102 Å². The third kappa shape index (κ3) is 7.60. The summed E-state index contributed by atoms with van der Waals surface area (Å²) in [4.78, 5) is 0. The van der Waals surface area contributed by atoms with Gasteiger partial charge in [0.2, 0.25) is 0 Å². The first-order chi connectivity index (χ1) is 37.4. The van der Waals surface area contributed by atoms with Crippen molar-refractivity contribution in [3.05, 3.63) is 228 Å². The Hall–Kier alpha value is -8.44. The van der Waals surface area contributed by atoms with Crippen molar-refractivity contribution in [2.45, 2.75) is 113 Å². The molecule has 7 aromatic heterocycles. The molecule has 0 atom stereocenters. The zero-order chi connectivity index (χ0) is 52.2. The van der Waals surface area contributed by atoms with E-state index in [4.69, 9.17) is 0 Å². The molecule has 12 rings (SSSR count). The van der Waals surface area contributed by atoms with Gasteiger partial charge in [-0.1, -0.05) is 91.8 Å². The van der Waals surface area contributed by atoms with Gasteiger partial charge >= 0.3 is 0 Å². The second kappa shape index (κ2) is 20.0. The van der Waals surface area contributed by atoms with E-state index in [0.29, 0.717) is 0 Å². The number of allylic oxidation sites excluding steroid dienone is 2. The van der Waals surface area contributed by atoms with Crippen molar-refractivity contribution in [1.29, 1.82) is 0 Å². The van der Waals surface area contributed by atoms with E-state index in [0.717, 1.165) is 90.3 Å². The van der Waals surface area contributed by atoms with Gasteiger partial charge in [0.1, 0.15) is 0 Å². The van der Waals surface area contributed by atoms with Gasteiger partial charge in [-0.05, 0) is 160 Å². The Morgan fingerprint density at radius 1 is 0.316 bits per heavy atom. The Morgan fingerprint density at radius 2 is 0.579 bits per heavy atom. The number of benzene rings is 4. The molecule has 0 saturated carbocycles. The molecule has 76 heavy (non-hydrogen) atoms. The monoisotopic (exact) mass is 1010 g/mol. The number of aromatic nitrogens is 7. The number of hydrogen-bond donors (Lipinski definition) is 0. The molecule has 386 valence electrons. The third-order valence-corrected chi connectivity index (χ3v) is 16.0. The van der Waals surface area contributed by atoms with E-state index < -0.39 is 0 Å². The summed E-state index contributed by atoms with van der Waals surface area (Å²) in [5.41, 5.74) is 14.6. The van der Waals surface area contributed by atoms with Gasteiger partial charge in [0.05, 0.1) is 28.8 Å². The number of rotatable bonds is 20. The maximum atomic E-state index is 2.58. The maximum absolute atomic E-state index is 2.58. The molecule has 0 saturated heterocycles. The lowest BCUT2D eigenvalue weighted by atomic mass is 9.90. The minimum atomic E-state index is 0.0136. The lowest BCUT2D eigenvalue weighted by Gasteiger charge is -2.39. The summed E-state index contributed by atoms with van der Waals surface area (Å²) >= 11 is 0. The summed E-state index contributed by atoms with van der Waals surface area (Å²) in [6, 6.07) is 45.6. The first-order valence-corrected chi connectivity index (χ1v) is 27.9. The van der Waals surface area contributed by atoms with Gasteiger partial charge < -0.3 is 0 Å². The summed E-state index contributed by atoms with van der Waals surface area (Å²) in [7, 11) is 0. The van der Waals surface area contributed by atoms with E-state index in [9.17, 15) is 0 Å². The van der Waals surface area contributed by atoms with Gasteiger partial charge in [-0.25, -0.2) is 28.1 Å². The van der Waals surface area contributed by atoms with Crippen LogP contribution in [0.5, 0.6) is 0 Å². The van der Waals surface area contributed by atoms with Crippen LogP contribution in [0, 0.1) is 0 Å². The maximum Gasteiger partial charge on any atom is 0.0936 e. The molecule has 11 nitrogen and oxygen atoms in total. The smallest absolute Gasteiger partial charge is 0.0936 e. The molecule has 1 aliphatic rings. The SMILES string of the molecule is CCC1=CC=C(CC)C1N(c1cc(N(n2cccc2)n2c(CC)ccc2CC)c2ccc3c(N(n4cccc4)n4c(CC)ccc4CC)cc(N(n4cccc4)n4c(CC)ccc4CC)c4ccc1c2c43)n1cccc1. The van der Waals surface area contributed by atoms with Crippen LogP contribution >= 0.6 is 0 Å². The highest BCUT2D eigenvalue weighted by atomic mass is 15.8. The minimum Gasteiger partial charge on any atom is -0.270 e. The van der Waals surface area contributed by atoms with E-state index >= 15 is 0 Å². The van der Waals surface area contributed by atoms with Crippen LogP contribution in [0.25, 0.3) is 32.3 Å². The zero-order valence-corrected chi connectivity index (χ0v) is 45.5. The molecule has 7 heterocycles. The number of nitrogens with zero attached hydrogens (tertiary/aromatic N) is 11. The summed E-state index contributed by atoms with van der Waals surface area (Å²) in [6.45, 7) is 18.2. The minimum absolute atomic E-state index is 0.0136. The van der Waals surface area contributed by atoms with Crippen LogP contribution in [0.2, 0.25) is 0 Å². The van der Waals surface area contributed by atoms with E-state index in [2.05, 4.69) is 292 Å². The van der Waals surface area contributed by atoms with Crippen molar-refractivity contribution < 1.29 is 0 Å². The van der Waals surface area contributed by atoms with Crippen LogP contribution in [-0.4, -0.2) is 38.8 Å². The van der Waals surface area contributed by atoms with Crippen LogP contribution in [0.3, 0.4) is 0 Å². The second-order valence-corrected chi connectivity index (χ2v) is 20.0. The quantitative estimate of drug-likeness (QED) is 0.0714. The zero-order valence-electron chi connectivity index (χ0n) is 45.5. The molecule has 4 aromatic carbocycles. The number of aryl methyl sites for hydroxylation is 6. The summed E-state index contributed by atoms with van der Waals surface area (Å²) in [5, 5.41) is 16.9. The summed E-state index contributed by atoms with van der Waals surface area (Å²) in [5.74, 6) is 0. The molecular weight excluding hydrogens is 935 g/mol. The van der Waals surface area contributed by atoms with Gasteiger partial charge in [-0.15, -0.1) is 0 Å². The van der Waals surface area contributed by atoms with Gasteiger partial charge in [0, 0.05) is 116 Å². The predicted molar refractivity (Wildman–Crippen MR) is 316 cm³/mol. The number of hydrogen-bond acceptors (Lipinski definition) is 4. The molecule has 11 heteroatoms. The molecule has 0 amide bonds. The first-order valence-electron chi connectivity index (χ1n) is 27.9. The normalized spacial score (nSPS) is 13.0. The Labute approximate surface area is 447 Å². The van der Waals surface area contributed by atoms with Gasteiger partial charge in [0.25, 0.3) is 0 Å². The van der Waals surface area contributed by atoms with Gasteiger partial charge in [-0.2, -0.15) is 15.4 Å². The van der Waals surface area contributed by atoms with Crippen LogP contribution in [0.4, 0.5) is 22.7 Å². The van der Waals surface area contributed by atoms with Crippen LogP contribution in [-0.2, 0) is 38.5 Å². The molecule has 0 radical (unpaired) electrons. The van der Waals surface area contributed by atoms with Crippen LogP contribution < -0.4 is 20.4 Å². The molecule has 1 aliphatic carbocycles. The predicted octanol–water partition coefficient (Wildman–Crippen LogP) is 15.1. The van der Waals surface area contributed by atoms with E-state index in [1.807, 2.05) is 0 Å².